The Hall–Kier alpha value is -1.40. The van der Waals surface area contributed by atoms with Gasteiger partial charge in [-0.25, -0.2) is 0 Å². The maximum atomic E-state index is 12.5. The number of ether oxygens (including phenoxy) is 1. The lowest BCUT2D eigenvalue weighted by Gasteiger charge is -2.20. The summed E-state index contributed by atoms with van der Waals surface area (Å²) in [5.41, 5.74) is 0. The van der Waals surface area contributed by atoms with Crippen LogP contribution in [0.2, 0.25) is 0 Å². The smallest absolute Gasteiger partial charge is 0.305 e. The van der Waals surface area contributed by atoms with Crippen molar-refractivity contribution < 1.29 is 24.5 Å². The normalized spacial score (nSPS) is 12.5. The first-order valence-corrected chi connectivity index (χ1v) is 39.0. The Labute approximate surface area is 527 Å². The van der Waals surface area contributed by atoms with Crippen molar-refractivity contribution in [3.63, 3.8) is 0 Å². The molecule has 6 nitrogen and oxygen atoms in total. The van der Waals surface area contributed by atoms with Crippen LogP contribution in [0.5, 0.6) is 0 Å². The predicted molar refractivity (Wildman–Crippen MR) is 370 cm³/mol. The molecule has 0 saturated heterocycles. The standard InChI is InChI=1S/C78H153NO5/c1-3-5-7-9-11-13-15-17-19-21-39-42-46-50-54-58-62-66-70-76(81)75(74-80)79-77(82)71-67-63-59-55-51-47-43-40-36-34-32-30-28-26-24-22-23-25-27-29-31-33-35-37-41-45-49-53-57-61-65-69-73-84-78(83)72-68-64-60-56-52-48-44-38-20-18-16-14-12-10-8-6-4-2/h66,70,75-76,80-81H,3-65,67-69,71-74H2,1-2H3,(H,79,82)/b70-66+. The Kier molecular flexibility index (Phi) is 72.8. The number of aliphatic hydroxyl groups excluding tert-OH is 2. The van der Waals surface area contributed by atoms with Crippen LogP contribution in [-0.4, -0.2) is 47.4 Å². The molecule has 500 valence electrons. The Morgan fingerprint density at radius 2 is 0.548 bits per heavy atom. The van der Waals surface area contributed by atoms with Crippen molar-refractivity contribution in [2.24, 2.45) is 0 Å². The summed E-state index contributed by atoms with van der Waals surface area (Å²) in [5, 5.41) is 23.2. The van der Waals surface area contributed by atoms with E-state index >= 15 is 0 Å². The third kappa shape index (κ3) is 69.7. The minimum absolute atomic E-state index is 0.0261. The molecule has 0 aliphatic heterocycles. The SMILES string of the molecule is CCCCCCCCCCCCCCCCCC/C=C/C(O)C(CO)NC(=O)CCCCCCCCCCCCCCCCCCCCCCCCCCCCCCCCCCOC(=O)CCCCCCCCCCCCCCCCCCC. The fraction of sp³-hybridized carbons (Fsp3) is 0.949. The molecule has 0 bridgehead atoms. The third-order valence-corrected chi connectivity index (χ3v) is 18.6. The number of nitrogens with one attached hydrogen (secondary N) is 1. The molecule has 84 heavy (non-hydrogen) atoms. The van der Waals surface area contributed by atoms with E-state index in [1.807, 2.05) is 6.08 Å². The van der Waals surface area contributed by atoms with Crippen molar-refractivity contribution in [2.75, 3.05) is 13.2 Å². The Balaban J connectivity index is 3.32. The van der Waals surface area contributed by atoms with Gasteiger partial charge in [-0.15, -0.1) is 0 Å². The molecule has 0 aromatic carbocycles. The monoisotopic (exact) mass is 1180 g/mol. The zero-order chi connectivity index (χ0) is 60.6. The highest BCUT2D eigenvalue weighted by Gasteiger charge is 2.18. The van der Waals surface area contributed by atoms with Crippen molar-refractivity contribution in [2.45, 2.75) is 463 Å². The van der Waals surface area contributed by atoms with Crippen LogP contribution in [0.4, 0.5) is 0 Å². The van der Waals surface area contributed by atoms with E-state index in [2.05, 4.69) is 19.2 Å². The second kappa shape index (κ2) is 74.1. The van der Waals surface area contributed by atoms with Gasteiger partial charge in [-0.05, 0) is 32.1 Å². The van der Waals surface area contributed by atoms with E-state index in [1.165, 1.54) is 385 Å². The van der Waals surface area contributed by atoms with Crippen molar-refractivity contribution in [1.29, 1.82) is 0 Å². The van der Waals surface area contributed by atoms with Gasteiger partial charge in [-0.3, -0.25) is 9.59 Å². The van der Waals surface area contributed by atoms with Gasteiger partial charge >= 0.3 is 5.97 Å². The minimum Gasteiger partial charge on any atom is -0.466 e. The number of aliphatic hydroxyl groups is 2. The molecule has 0 aromatic rings. The van der Waals surface area contributed by atoms with E-state index in [4.69, 9.17) is 4.74 Å². The number of unbranched alkanes of at least 4 members (excludes halogenated alkanes) is 63. The van der Waals surface area contributed by atoms with Crippen LogP contribution in [0, 0.1) is 0 Å². The maximum absolute atomic E-state index is 12.5. The molecule has 0 fully saturated rings. The van der Waals surface area contributed by atoms with Crippen LogP contribution in [0.25, 0.3) is 0 Å². The van der Waals surface area contributed by atoms with Crippen LogP contribution in [0.3, 0.4) is 0 Å². The van der Waals surface area contributed by atoms with Gasteiger partial charge in [0.05, 0.1) is 25.4 Å². The summed E-state index contributed by atoms with van der Waals surface area (Å²) in [5.74, 6) is -0.0329. The predicted octanol–water partition coefficient (Wildman–Crippen LogP) is 25.5. The third-order valence-electron chi connectivity index (χ3n) is 18.6. The maximum Gasteiger partial charge on any atom is 0.305 e. The van der Waals surface area contributed by atoms with Crippen molar-refractivity contribution in [3.05, 3.63) is 12.2 Å². The molecule has 6 heteroatoms. The molecular weight excluding hydrogens is 1030 g/mol. The summed E-state index contributed by atoms with van der Waals surface area (Å²) in [6, 6.07) is -0.624. The summed E-state index contributed by atoms with van der Waals surface area (Å²) in [4.78, 5) is 24.6. The van der Waals surface area contributed by atoms with E-state index in [1.54, 1.807) is 6.08 Å². The summed E-state index contributed by atoms with van der Waals surface area (Å²) in [7, 11) is 0. The number of allylic oxidation sites excluding steroid dienone is 1. The van der Waals surface area contributed by atoms with E-state index < -0.39 is 12.1 Å². The number of hydrogen-bond donors (Lipinski definition) is 3. The van der Waals surface area contributed by atoms with Crippen LogP contribution in [-0.2, 0) is 14.3 Å². The van der Waals surface area contributed by atoms with E-state index in [0.29, 0.717) is 19.4 Å². The molecule has 0 aliphatic carbocycles. The van der Waals surface area contributed by atoms with Crippen LogP contribution in [0.15, 0.2) is 12.2 Å². The van der Waals surface area contributed by atoms with Gasteiger partial charge in [0.1, 0.15) is 0 Å². The highest BCUT2D eigenvalue weighted by atomic mass is 16.5. The first-order chi connectivity index (χ1) is 41.5. The van der Waals surface area contributed by atoms with Gasteiger partial charge in [-0.2, -0.15) is 0 Å². The minimum atomic E-state index is -0.841. The topological polar surface area (TPSA) is 95.9 Å². The lowest BCUT2D eigenvalue weighted by Crippen LogP contribution is -2.45. The molecule has 0 aromatic heterocycles. The van der Waals surface area contributed by atoms with E-state index in [-0.39, 0.29) is 18.5 Å². The van der Waals surface area contributed by atoms with E-state index in [0.717, 1.165) is 38.5 Å². The number of rotatable bonds is 74. The van der Waals surface area contributed by atoms with Gasteiger partial charge in [-0.1, -0.05) is 418 Å². The Morgan fingerprint density at radius 3 is 0.810 bits per heavy atom. The number of carbonyl (C=O) groups is 2. The number of carbonyl (C=O) groups excluding carboxylic acids is 2. The first-order valence-electron chi connectivity index (χ1n) is 39.0. The molecule has 0 aliphatic rings. The fourth-order valence-corrected chi connectivity index (χ4v) is 12.6. The molecule has 0 saturated carbocycles. The summed E-state index contributed by atoms with van der Waals surface area (Å²) in [6.45, 7) is 4.96. The fourth-order valence-electron chi connectivity index (χ4n) is 12.6. The number of hydrogen-bond acceptors (Lipinski definition) is 5. The van der Waals surface area contributed by atoms with Gasteiger partial charge < -0.3 is 20.3 Å². The lowest BCUT2D eigenvalue weighted by atomic mass is 10.0. The lowest BCUT2D eigenvalue weighted by molar-refractivity contribution is -0.143. The van der Waals surface area contributed by atoms with Gasteiger partial charge in [0.25, 0.3) is 0 Å². The highest BCUT2D eigenvalue weighted by Crippen LogP contribution is 2.20. The summed E-state index contributed by atoms with van der Waals surface area (Å²) >= 11 is 0. The molecule has 0 spiro atoms. The van der Waals surface area contributed by atoms with Crippen LogP contribution < -0.4 is 5.32 Å². The molecule has 3 N–H and O–H groups in total. The van der Waals surface area contributed by atoms with Crippen molar-refractivity contribution in [3.8, 4) is 0 Å². The summed E-state index contributed by atoms with van der Waals surface area (Å²) in [6.07, 6.45) is 93.3. The number of amides is 1. The van der Waals surface area contributed by atoms with Gasteiger partial charge in [0.15, 0.2) is 0 Å². The first kappa shape index (κ1) is 82.6. The zero-order valence-corrected chi connectivity index (χ0v) is 57.4. The largest absolute Gasteiger partial charge is 0.466 e. The van der Waals surface area contributed by atoms with E-state index in [9.17, 15) is 19.8 Å². The average molecular weight is 1190 g/mol. The van der Waals surface area contributed by atoms with Crippen LogP contribution in [0.1, 0.15) is 450 Å². The molecule has 1 amide bonds. The molecule has 0 radical (unpaired) electrons. The van der Waals surface area contributed by atoms with Crippen molar-refractivity contribution in [1.82, 2.24) is 5.32 Å². The molecule has 0 rings (SSSR count). The van der Waals surface area contributed by atoms with Gasteiger partial charge in [0.2, 0.25) is 5.91 Å². The second-order valence-corrected chi connectivity index (χ2v) is 27.1. The summed E-state index contributed by atoms with van der Waals surface area (Å²) < 4.78 is 5.52. The zero-order valence-electron chi connectivity index (χ0n) is 57.4. The number of esters is 1. The molecular formula is C78H153NO5. The Bertz CT molecular complexity index is 1270. The van der Waals surface area contributed by atoms with Gasteiger partial charge in [0, 0.05) is 12.8 Å². The quantitative estimate of drug-likeness (QED) is 0.0320. The Morgan fingerprint density at radius 1 is 0.321 bits per heavy atom. The highest BCUT2D eigenvalue weighted by molar-refractivity contribution is 5.76. The molecule has 2 unspecified atom stereocenters. The second-order valence-electron chi connectivity index (χ2n) is 27.1. The van der Waals surface area contributed by atoms with Crippen LogP contribution >= 0.6 is 0 Å². The van der Waals surface area contributed by atoms with Crippen molar-refractivity contribution >= 4 is 11.9 Å². The molecule has 0 heterocycles. The molecule has 2 atom stereocenters. The average Bonchev–Trinajstić information content (AvgIpc) is 3.51.